The largest absolute Gasteiger partial charge is 0.375 e. The predicted octanol–water partition coefficient (Wildman–Crippen LogP) is 2.94. The van der Waals surface area contributed by atoms with Crippen LogP contribution in [-0.2, 0) is 27.6 Å². The van der Waals surface area contributed by atoms with Crippen LogP contribution in [0, 0.1) is 0 Å². The van der Waals surface area contributed by atoms with Gasteiger partial charge in [-0.15, -0.1) is 11.3 Å². The minimum atomic E-state index is -3.40. The van der Waals surface area contributed by atoms with Gasteiger partial charge in [0.1, 0.15) is 4.21 Å². The third-order valence-corrected chi connectivity index (χ3v) is 7.55. The molecule has 2 aromatic rings. The Labute approximate surface area is 141 Å². The first-order valence-electron chi connectivity index (χ1n) is 7.84. The third-order valence-electron chi connectivity index (χ3n) is 3.99. The summed E-state index contributed by atoms with van der Waals surface area (Å²) in [4.78, 5) is 1.10. The summed E-state index contributed by atoms with van der Waals surface area (Å²) in [5.41, 5.74) is 1.17. The molecule has 0 aliphatic carbocycles. The van der Waals surface area contributed by atoms with Crippen LogP contribution in [0.2, 0.25) is 0 Å². The van der Waals surface area contributed by atoms with Gasteiger partial charge >= 0.3 is 0 Å². The van der Waals surface area contributed by atoms with Crippen molar-refractivity contribution in [3.63, 3.8) is 0 Å². The Balaban J connectivity index is 1.72. The van der Waals surface area contributed by atoms with Crippen LogP contribution >= 0.6 is 11.3 Å². The van der Waals surface area contributed by atoms with E-state index in [4.69, 9.17) is 4.74 Å². The molecule has 0 amide bonds. The van der Waals surface area contributed by atoms with Gasteiger partial charge in [-0.25, -0.2) is 8.42 Å². The molecule has 23 heavy (non-hydrogen) atoms. The fourth-order valence-electron chi connectivity index (χ4n) is 2.73. The quantitative estimate of drug-likeness (QED) is 0.832. The van der Waals surface area contributed by atoms with Gasteiger partial charge in [-0.2, -0.15) is 4.31 Å². The summed E-state index contributed by atoms with van der Waals surface area (Å²) in [6, 6.07) is 13.7. The zero-order valence-corrected chi connectivity index (χ0v) is 14.8. The SMILES string of the molecule is CCc1ccc(S(=O)(=O)N2CCOC(Cc3ccccc3)C2)s1. The molecule has 0 bridgehead atoms. The standard InChI is InChI=1S/C17H21NO3S2/c1-2-16-8-9-17(22-16)23(19,20)18-10-11-21-15(13-18)12-14-6-4-3-5-7-14/h3-9,15H,2,10-13H2,1H3. The maximum absolute atomic E-state index is 12.8. The average Bonchev–Trinajstić information content (AvgIpc) is 3.06. The zero-order chi connectivity index (χ0) is 16.3. The van der Waals surface area contributed by atoms with Crippen molar-refractivity contribution in [1.82, 2.24) is 4.31 Å². The lowest BCUT2D eigenvalue weighted by Gasteiger charge is -2.31. The molecule has 1 atom stereocenters. The number of sulfonamides is 1. The number of ether oxygens (including phenoxy) is 1. The predicted molar refractivity (Wildman–Crippen MR) is 92.3 cm³/mol. The molecular weight excluding hydrogens is 330 g/mol. The van der Waals surface area contributed by atoms with Gasteiger partial charge in [-0.3, -0.25) is 0 Å². The van der Waals surface area contributed by atoms with E-state index in [9.17, 15) is 8.42 Å². The molecule has 0 saturated carbocycles. The van der Waals surface area contributed by atoms with E-state index in [2.05, 4.69) is 0 Å². The Kier molecular flexibility index (Phi) is 5.16. The molecule has 0 N–H and O–H groups in total. The number of thiophene rings is 1. The summed E-state index contributed by atoms with van der Waals surface area (Å²) in [6.45, 7) is 3.32. The Morgan fingerprint density at radius 1 is 1.22 bits per heavy atom. The van der Waals surface area contributed by atoms with Crippen molar-refractivity contribution in [2.24, 2.45) is 0 Å². The van der Waals surface area contributed by atoms with Gasteiger partial charge in [0.15, 0.2) is 0 Å². The molecule has 0 spiro atoms. The van der Waals surface area contributed by atoms with Gasteiger partial charge in [0.25, 0.3) is 10.0 Å². The van der Waals surface area contributed by atoms with Crippen molar-refractivity contribution in [2.75, 3.05) is 19.7 Å². The summed E-state index contributed by atoms with van der Waals surface area (Å²) >= 11 is 1.37. The number of morpholine rings is 1. The first-order chi connectivity index (χ1) is 11.1. The molecule has 124 valence electrons. The van der Waals surface area contributed by atoms with Crippen LogP contribution in [0.5, 0.6) is 0 Å². The molecule has 1 aliphatic heterocycles. The fraction of sp³-hybridized carbons (Fsp3) is 0.412. The highest BCUT2D eigenvalue weighted by Crippen LogP contribution is 2.27. The Morgan fingerprint density at radius 2 is 2.00 bits per heavy atom. The normalized spacial score (nSPS) is 19.8. The van der Waals surface area contributed by atoms with Crippen molar-refractivity contribution in [2.45, 2.75) is 30.1 Å². The number of hydrogen-bond donors (Lipinski definition) is 0. The summed E-state index contributed by atoms with van der Waals surface area (Å²) in [7, 11) is -3.40. The van der Waals surface area contributed by atoms with Crippen molar-refractivity contribution in [1.29, 1.82) is 0 Å². The number of nitrogens with zero attached hydrogens (tertiary/aromatic N) is 1. The first kappa shape index (κ1) is 16.6. The average molecular weight is 351 g/mol. The lowest BCUT2D eigenvalue weighted by Crippen LogP contribution is -2.46. The Morgan fingerprint density at radius 3 is 2.70 bits per heavy atom. The lowest BCUT2D eigenvalue weighted by atomic mass is 10.1. The van der Waals surface area contributed by atoms with Crippen LogP contribution in [-0.4, -0.2) is 38.5 Å². The number of aryl methyl sites for hydroxylation is 1. The summed E-state index contributed by atoms with van der Waals surface area (Å²) in [5.74, 6) is 0. The maximum atomic E-state index is 12.8. The van der Waals surface area contributed by atoms with Crippen molar-refractivity contribution >= 4 is 21.4 Å². The highest BCUT2D eigenvalue weighted by molar-refractivity contribution is 7.91. The maximum Gasteiger partial charge on any atom is 0.252 e. The smallest absolute Gasteiger partial charge is 0.252 e. The summed E-state index contributed by atoms with van der Waals surface area (Å²) < 4.78 is 33.4. The molecule has 1 unspecified atom stereocenters. The van der Waals surface area contributed by atoms with E-state index in [-0.39, 0.29) is 6.10 Å². The number of hydrogen-bond acceptors (Lipinski definition) is 4. The van der Waals surface area contributed by atoms with E-state index < -0.39 is 10.0 Å². The minimum Gasteiger partial charge on any atom is -0.375 e. The second-order valence-electron chi connectivity index (χ2n) is 5.62. The Hall–Kier alpha value is -1.21. The first-order valence-corrected chi connectivity index (χ1v) is 10.1. The molecule has 1 aliphatic rings. The van der Waals surface area contributed by atoms with Crippen molar-refractivity contribution in [3.8, 4) is 0 Å². The molecule has 4 nitrogen and oxygen atoms in total. The highest BCUT2D eigenvalue weighted by Gasteiger charge is 2.31. The number of benzene rings is 1. The van der Waals surface area contributed by atoms with E-state index in [0.717, 1.165) is 17.7 Å². The molecule has 1 aromatic carbocycles. The molecule has 0 radical (unpaired) electrons. The van der Waals surface area contributed by atoms with Crippen LogP contribution in [0.4, 0.5) is 0 Å². The molecule has 6 heteroatoms. The summed E-state index contributed by atoms with van der Waals surface area (Å²) in [5, 5.41) is 0. The van der Waals surface area contributed by atoms with Gasteiger partial charge in [-0.1, -0.05) is 37.3 Å². The van der Waals surface area contributed by atoms with Crippen LogP contribution in [0.3, 0.4) is 0 Å². The van der Waals surface area contributed by atoms with Gasteiger partial charge in [0.05, 0.1) is 12.7 Å². The van der Waals surface area contributed by atoms with E-state index >= 15 is 0 Å². The zero-order valence-electron chi connectivity index (χ0n) is 13.1. The molecule has 1 aromatic heterocycles. The van der Waals surface area contributed by atoms with Gasteiger partial charge in [0, 0.05) is 18.0 Å². The highest BCUT2D eigenvalue weighted by atomic mass is 32.2. The van der Waals surface area contributed by atoms with E-state index in [1.165, 1.54) is 16.9 Å². The monoisotopic (exact) mass is 351 g/mol. The second kappa shape index (κ2) is 7.13. The molecule has 1 saturated heterocycles. The molecule has 2 heterocycles. The van der Waals surface area contributed by atoms with Gasteiger partial charge in [-0.05, 0) is 30.5 Å². The van der Waals surface area contributed by atoms with E-state index in [1.54, 1.807) is 10.4 Å². The molecule has 1 fully saturated rings. The third kappa shape index (κ3) is 3.83. The minimum absolute atomic E-state index is 0.0912. The topological polar surface area (TPSA) is 46.6 Å². The number of rotatable bonds is 5. The van der Waals surface area contributed by atoms with Crippen molar-refractivity contribution in [3.05, 3.63) is 52.9 Å². The van der Waals surface area contributed by atoms with Crippen LogP contribution in [0.1, 0.15) is 17.4 Å². The molecule has 3 rings (SSSR count). The lowest BCUT2D eigenvalue weighted by molar-refractivity contribution is -0.000439. The molecular formula is C17H21NO3S2. The van der Waals surface area contributed by atoms with E-state index in [0.29, 0.717) is 23.9 Å². The van der Waals surface area contributed by atoms with Crippen LogP contribution in [0.25, 0.3) is 0 Å². The summed E-state index contributed by atoms with van der Waals surface area (Å²) in [6.07, 6.45) is 1.50. The van der Waals surface area contributed by atoms with Crippen molar-refractivity contribution < 1.29 is 13.2 Å². The fourth-order valence-corrected chi connectivity index (χ4v) is 5.63. The Bertz CT molecular complexity index is 740. The van der Waals surface area contributed by atoms with Gasteiger partial charge < -0.3 is 4.74 Å². The van der Waals surface area contributed by atoms with Crippen LogP contribution in [0.15, 0.2) is 46.7 Å². The second-order valence-corrected chi connectivity index (χ2v) is 8.95. The van der Waals surface area contributed by atoms with E-state index in [1.807, 2.05) is 43.3 Å². The van der Waals surface area contributed by atoms with Gasteiger partial charge in [0.2, 0.25) is 0 Å². The van der Waals surface area contributed by atoms with Crippen LogP contribution < -0.4 is 0 Å².